The molecular formula is C73H144O6. The van der Waals surface area contributed by atoms with Crippen LogP contribution in [0.4, 0.5) is 0 Å². The van der Waals surface area contributed by atoms with Crippen molar-refractivity contribution in [2.75, 3.05) is 26.4 Å². The van der Waals surface area contributed by atoms with Crippen LogP contribution in [0.2, 0.25) is 0 Å². The van der Waals surface area contributed by atoms with Gasteiger partial charge in [-0.15, -0.1) is 0 Å². The van der Waals surface area contributed by atoms with Crippen LogP contribution in [-0.4, -0.2) is 44.7 Å². The molecular weight excluding hydrogens is 973 g/mol. The highest BCUT2D eigenvalue weighted by molar-refractivity contribution is 5.69. The quantitative estimate of drug-likeness (QED) is 0.0262. The number of carbonyl (C=O) groups excluding carboxylic acids is 2. The molecule has 0 aliphatic heterocycles. The van der Waals surface area contributed by atoms with E-state index in [1.165, 1.54) is 231 Å². The second-order valence-corrected chi connectivity index (χ2v) is 27.3. The van der Waals surface area contributed by atoms with Crippen LogP contribution in [0, 0.1) is 16.2 Å². The normalized spacial score (nSPS) is 12.1. The molecule has 0 atom stereocenters. The van der Waals surface area contributed by atoms with Gasteiger partial charge in [-0.3, -0.25) is 9.59 Å². The molecule has 472 valence electrons. The molecule has 0 saturated heterocycles. The first-order chi connectivity index (χ1) is 37.9. The number of rotatable bonds is 54. The van der Waals surface area contributed by atoms with Crippen LogP contribution in [0.5, 0.6) is 0 Å². The SMILES string of the molecule is CCCCC/C=C\C/C=C\CCCCCCCCC(C)(C)C.CCCCCCCCCC(=O)OCCCCCCCCC(C)(C)C.CCCCCCCCOC(CCC(=O)OCCCCCC(C)(C)C)OCCCCCCCC. The Labute approximate surface area is 496 Å². The number of esters is 2. The maximum Gasteiger partial charge on any atom is 0.305 e. The van der Waals surface area contributed by atoms with Gasteiger partial charge in [0.2, 0.25) is 0 Å². The molecule has 0 aromatic carbocycles. The highest BCUT2D eigenvalue weighted by Crippen LogP contribution is 2.25. The maximum absolute atomic E-state index is 12.2. The predicted octanol–water partition coefficient (Wildman–Crippen LogP) is 24.7. The lowest BCUT2D eigenvalue weighted by Crippen LogP contribution is -2.21. The fourth-order valence-electron chi connectivity index (χ4n) is 9.43. The molecule has 6 nitrogen and oxygen atoms in total. The number of allylic oxidation sites excluding steroid dienone is 4. The van der Waals surface area contributed by atoms with Crippen molar-refractivity contribution in [2.24, 2.45) is 16.2 Å². The third-order valence-electron chi connectivity index (χ3n) is 14.7. The van der Waals surface area contributed by atoms with Crippen LogP contribution in [0.1, 0.15) is 385 Å². The zero-order valence-electron chi connectivity index (χ0n) is 56.2. The van der Waals surface area contributed by atoms with E-state index in [1.807, 2.05) is 0 Å². The van der Waals surface area contributed by atoms with E-state index in [-0.39, 0.29) is 18.2 Å². The topological polar surface area (TPSA) is 71.1 Å². The van der Waals surface area contributed by atoms with Crippen LogP contribution in [0.15, 0.2) is 24.3 Å². The Hall–Kier alpha value is -1.66. The summed E-state index contributed by atoms with van der Waals surface area (Å²) in [6.45, 7) is 32.4. The number of hydrogen-bond donors (Lipinski definition) is 0. The molecule has 0 heterocycles. The van der Waals surface area contributed by atoms with Gasteiger partial charge in [-0.25, -0.2) is 0 Å². The first-order valence-electron chi connectivity index (χ1n) is 34.7. The Morgan fingerprint density at radius 2 is 0.595 bits per heavy atom. The minimum atomic E-state index is -0.282. The van der Waals surface area contributed by atoms with E-state index in [1.54, 1.807) is 0 Å². The van der Waals surface area contributed by atoms with Crippen LogP contribution in [-0.2, 0) is 28.5 Å². The fraction of sp³-hybridized carbons (Fsp3) is 0.918. The van der Waals surface area contributed by atoms with Gasteiger partial charge >= 0.3 is 11.9 Å². The second kappa shape index (κ2) is 62.4. The Morgan fingerprint density at radius 1 is 0.316 bits per heavy atom. The number of carbonyl (C=O) groups is 2. The summed E-state index contributed by atoms with van der Waals surface area (Å²) in [5, 5.41) is 0. The van der Waals surface area contributed by atoms with Crippen molar-refractivity contribution in [1.29, 1.82) is 0 Å². The minimum absolute atomic E-state index is 0.00809. The summed E-state index contributed by atoms with van der Waals surface area (Å²) >= 11 is 0. The van der Waals surface area contributed by atoms with Crippen LogP contribution < -0.4 is 0 Å². The second-order valence-electron chi connectivity index (χ2n) is 27.3. The van der Waals surface area contributed by atoms with Gasteiger partial charge in [0.25, 0.3) is 0 Å². The Kier molecular flexibility index (Phi) is 64.4. The zero-order chi connectivity index (χ0) is 59.2. The molecule has 0 unspecified atom stereocenters. The average Bonchev–Trinajstić information content (AvgIpc) is 3.39. The van der Waals surface area contributed by atoms with Crippen molar-refractivity contribution in [3.63, 3.8) is 0 Å². The summed E-state index contributed by atoms with van der Waals surface area (Å²) in [6, 6.07) is 0. The first kappa shape index (κ1) is 81.6. The zero-order valence-corrected chi connectivity index (χ0v) is 56.2. The van der Waals surface area contributed by atoms with Crippen LogP contribution in [0.3, 0.4) is 0 Å². The van der Waals surface area contributed by atoms with Gasteiger partial charge < -0.3 is 18.9 Å². The van der Waals surface area contributed by atoms with Gasteiger partial charge in [0.1, 0.15) is 0 Å². The molecule has 6 heteroatoms. The van der Waals surface area contributed by atoms with Crippen molar-refractivity contribution in [3.05, 3.63) is 24.3 Å². The van der Waals surface area contributed by atoms with Crippen molar-refractivity contribution >= 4 is 11.9 Å². The van der Waals surface area contributed by atoms with Crippen molar-refractivity contribution in [1.82, 2.24) is 0 Å². The molecule has 0 rings (SSSR count). The largest absolute Gasteiger partial charge is 0.466 e. The van der Waals surface area contributed by atoms with E-state index in [4.69, 9.17) is 18.9 Å². The minimum Gasteiger partial charge on any atom is -0.466 e. The van der Waals surface area contributed by atoms with Gasteiger partial charge in [-0.2, -0.15) is 0 Å². The van der Waals surface area contributed by atoms with Crippen molar-refractivity contribution in [3.8, 4) is 0 Å². The summed E-state index contributed by atoms with van der Waals surface area (Å²) in [7, 11) is 0. The monoisotopic (exact) mass is 1120 g/mol. The van der Waals surface area contributed by atoms with E-state index < -0.39 is 0 Å². The summed E-state index contributed by atoms with van der Waals surface area (Å²) in [5.41, 5.74) is 1.38. The predicted molar refractivity (Wildman–Crippen MR) is 349 cm³/mol. The Morgan fingerprint density at radius 3 is 0.975 bits per heavy atom. The lowest BCUT2D eigenvalue weighted by Gasteiger charge is -2.19. The molecule has 0 bridgehead atoms. The lowest BCUT2D eigenvalue weighted by atomic mass is 9.89. The summed E-state index contributed by atoms with van der Waals surface area (Å²) in [6.07, 6.45) is 65.2. The van der Waals surface area contributed by atoms with Gasteiger partial charge in [-0.1, -0.05) is 307 Å². The van der Waals surface area contributed by atoms with E-state index in [9.17, 15) is 9.59 Å². The van der Waals surface area contributed by atoms with Gasteiger partial charge in [0.15, 0.2) is 6.29 Å². The maximum atomic E-state index is 12.2. The number of ether oxygens (including phenoxy) is 4. The Balaban J connectivity index is -0.00000113. The van der Waals surface area contributed by atoms with E-state index in [0.717, 1.165) is 58.2 Å². The van der Waals surface area contributed by atoms with Crippen LogP contribution >= 0.6 is 0 Å². The van der Waals surface area contributed by atoms with E-state index in [0.29, 0.717) is 48.7 Å². The van der Waals surface area contributed by atoms with Crippen molar-refractivity contribution < 1.29 is 28.5 Å². The fourth-order valence-corrected chi connectivity index (χ4v) is 9.43. The lowest BCUT2D eigenvalue weighted by molar-refractivity contribution is -0.159. The van der Waals surface area contributed by atoms with Gasteiger partial charge in [-0.05, 0) is 99.7 Å². The first-order valence-corrected chi connectivity index (χ1v) is 34.7. The third kappa shape index (κ3) is 80.6. The molecule has 0 spiro atoms. The highest BCUT2D eigenvalue weighted by atomic mass is 16.7. The summed E-state index contributed by atoms with van der Waals surface area (Å²) < 4.78 is 22.8. The van der Waals surface area contributed by atoms with Crippen molar-refractivity contribution in [2.45, 2.75) is 392 Å². The van der Waals surface area contributed by atoms with Gasteiger partial charge in [0, 0.05) is 26.1 Å². The average molecular weight is 1120 g/mol. The third-order valence-corrected chi connectivity index (χ3v) is 14.7. The molecule has 79 heavy (non-hydrogen) atoms. The smallest absolute Gasteiger partial charge is 0.305 e. The number of unbranched alkanes of at least 4 members (excludes halogenated alkanes) is 32. The molecule has 0 amide bonds. The molecule has 0 N–H and O–H groups in total. The molecule has 0 fully saturated rings. The summed E-state index contributed by atoms with van der Waals surface area (Å²) in [4.78, 5) is 23.8. The molecule has 0 aliphatic rings. The number of hydrogen-bond acceptors (Lipinski definition) is 6. The van der Waals surface area contributed by atoms with Crippen LogP contribution in [0.25, 0.3) is 0 Å². The molecule has 0 saturated carbocycles. The Bertz CT molecular complexity index is 1250. The molecule has 0 radical (unpaired) electrons. The highest BCUT2D eigenvalue weighted by Gasteiger charge is 2.15. The van der Waals surface area contributed by atoms with Gasteiger partial charge in [0.05, 0.1) is 19.6 Å². The molecule has 0 aromatic rings. The van der Waals surface area contributed by atoms with E-state index >= 15 is 0 Å². The van der Waals surface area contributed by atoms with E-state index in [2.05, 4.69) is 114 Å². The summed E-state index contributed by atoms with van der Waals surface area (Å²) in [5.74, 6) is -0.115. The standard InChI is InChI=1S/C29H58O4.C22H44O2.C22H42/c1-6-8-10-12-14-18-25-32-28(33-26-19-15-13-11-9-7-2)22-21-27(30)31-24-20-16-17-23-29(3,4)5;1-5-6-7-8-9-12-15-18-21(23)24-20-17-14-11-10-13-16-19-22(2,3)4;1-5-6-7-8-9-10-11-12-13-14-15-16-17-18-19-20-21-22(2,3)4/h28H,6-26H2,1-5H3;5-20H2,1-4H3;9-10,12-13H,5-8,11,14-21H2,1-4H3/b;;10-9-,13-12-. The molecule has 0 aliphatic carbocycles. The molecule has 0 aromatic heterocycles.